The summed E-state index contributed by atoms with van der Waals surface area (Å²) in [6.45, 7) is 10.0. The molecule has 0 aromatic heterocycles. The van der Waals surface area contributed by atoms with Crippen LogP contribution in [-0.4, -0.2) is 132 Å². The summed E-state index contributed by atoms with van der Waals surface area (Å²) in [7, 11) is -10.1. The Labute approximate surface area is 712 Å². The summed E-state index contributed by atoms with van der Waals surface area (Å²) in [5.74, 6) is -2.19. The normalized spacial score (nSPS) is 13.5. The van der Waals surface area contributed by atoms with Crippen molar-refractivity contribution < 1.29 is 149 Å². The molecule has 4 N–H and O–H groups in total. The van der Waals surface area contributed by atoms with Gasteiger partial charge in [0.05, 0.1) is 77.8 Å². The standard InChI is InChI=1S/C83H160N4O19P2.2Na/c1-7-13-19-25-29-33-37-43-47-53-75(88)67-79(90)86-73(69-99-63-59-77(55-49-41-23-17-11-5)105-81(92)57-51-45-39-35-31-27-21-15-9-3)71-103-107(95,96)101-65-61-84-83(94)85-62-66-102-108(97,98)104-72-74(87-80(91)68-76(89)54-48-44-38-34-30-26-20-14-8-2)70-100-64-60-78(56-50-42-24-18-12-6)106-82(93)58-52-46-40-36-32-28-22-16-10-4;;/h73-74,77-78H,7-72H2,1-6H3,(H,86,90)(H,87,91)(H,95,96)(H,97,98)(H2,84,85,94);;/q;2*+1/p-2/t73-,74-,77+,78+;;/m0../s1. The average molecular weight is 1620 g/mol. The average Bonchev–Trinajstić information content (AvgIpc) is 0.912. The van der Waals surface area contributed by atoms with Gasteiger partial charge >= 0.3 is 77.1 Å². The molecule has 0 spiro atoms. The first-order valence-corrected chi connectivity index (χ1v) is 46.6. The van der Waals surface area contributed by atoms with Crippen LogP contribution in [0.4, 0.5) is 4.79 Å². The molecule has 0 saturated heterocycles. The molecule has 0 aliphatic heterocycles. The minimum atomic E-state index is -5.06. The minimum Gasteiger partial charge on any atom is -0.756 e. The number of carbonyl (C=O) groups is 7. The Balaban J connectivity index is -0.0000572. The van der Waals surface area contributed by atoms with Gasteiger partial charge in [-0.2, -0.15) is 0 Å². The van der Waals surface area contributed by atoms with Crippen molar-refractivity contribution in [3.05, 3.63) is 0 Å². The van der Waals surface area contributed by atoms with Gasteiger partial charge in [-0.15, -0.1) is 0 Å². The van der Waals surface area contributed by atoms with Crippen molar-refractivity contribution in [2.75, 3.05) is 65.9 Å². The van der Waals surface area contributed by atoms with E-state index < -0.39 is 84.8 Å². The number of Topliss-reactive ketones (excluding diaryl/α,β-unsaturated/α-hetero) is 2. The van der Waals surface area contributed by atoms with E-state index in [1.54, 1.807) is 0 Å². The monoisotopic (exact) mass is 1620 g/mol. The number of rotatable bonds is 84. The second-order valence-corrected chi connectivity index (χ2v) is 32.8. The Bertz CT molecular complexity index is 2140. The second-order valence-electron chi connectivity index (χ2n) is 30.0. The third-order valence-corrected chi connectivity index (χ3v) is 21.3. The van der Waals surface area contributed by atoms with Crippen molar-refractivity contribution >= 4 is 57.0 Å². The van der Waals surface area contributed by atoms with E-state index in [9.17, 15) is 52.5 Å². The maximum absolute atomic E-state index is 13.3. The van der Waals surface area contributed by atoms with Gasteiger partial charge in [0.25, 0.3) is 15.6 Å². The molecular formula is C83H158N4Na2O19P2. The molecule has 0 saturated carbocycles. The van der Waals surface area contributed by atoms with Gasteiger partial charge in [-0.3, -0.25) is 37.9 Å². The predicted molar refractivity (Wildman–Crippen MR) is 428 cm³/mol. The first-order valence-electron chi connectivity index (χ1n) is 43.7. The molecule has 27 heteroatoms. The number of phosphoric acid groups is 2. The SMILES string of the molecule is CCCCCCCCCCCC(=O)CC(=O)N[C@@H](COCC[C@@H](CCCCCCC)OC(=O)CCCCCCCCCCC)COP(=O)([O-])OCCNC(=O)NCCOP(=O)([O-])OC[C@H](COCC[C@@H](CCCCCCC)OC(=O)CCCCCCCCCCC)NC(=O)CC(=O)CCCCCCCCCCC.[Na+].[Na+]. The van der Waals surface area contributed by atoms with Crippen LogP contribution in [0.2, 0.25) is 0 Å². The number of amides is 4. The van der Waals surface area contributed by atoms with Crippen LogP contribution in [0.25, 0.3) is 0 Å². The van der Waals surface area contributed by atoms with Crippen LogP contribution in [0.3, 0.4) is 0 Å². The number of ketones is 2. The van der Waals surface area contributed by atoms with Crippen LogP contribution in [0, 0.1) is 0 Å². The minimum absolute atomic E-state index is 0. The number of phosphoric ester groups is 2. The molecule has 110 heavy (non-hydrogen) atoms. The molecule has 23 nitrogen and oxygen atoms in total. The smallest absolute Gasteiger partial charge is 0.756 e. The number of urea groups is 1. The Hall–Kier alpha value is -1.37. The summed E-state index contributed by atoms with van der Waals surface area (Å²) in [5, 5.41) is 10.2. The van der Waals surface area contributed by atoms with Gasteiger partial charge in [-0.05, 0) is 51.4 Å². The van der Waals surface area contributed by atoms with E-state index in [4.69, 9.17) is 37.0 Å². The summed E-state index contributed by atoms with van der Waals surface area (Å²) in [6.07, 6.45) is 51.9. The van der Waals surface area contributed by atoms with Gasteiger partial charge in [0.2, 0.25) is 11.8 Å². The molecular weight excluding hydrogens is 1460 g/mol. The number of unbranched alkanes of at least 4 members (excludes halogenated alkanes) is 40. The molecule has 0 aromatic rings. The Morgan fingerprint density at radius 1 is 0.309 bits per heavy atom. The van der Waals surface area contributed by atoms with Gasteiger partial charge in [-0.1, -0.05) is 298 Å². The predicted octanol–water partition coefficient (Wildman–Crippen LogP) is 13.2. The molecule has 636 valence electrons. The largest absolute Gasteiger partial charge is 1.00 e. The van der Waals surface area contributed by atoms with Gasteiger partial charge in [0, 0.05) is 51.6 Å². The van der Waals surface area contributed by atoms with Gasteiger partial charge in [0.15, 0.2) is 0 Å². The molecule has 4 amide bonds. The number of nitrogens with one attached hydrogen (secondary N) is 4. The quantitative estimate of drug-likeness (QED) is 0.0144. The molecule has 0 fully saturated rings. The van der Waals surface area contributed by atoms with Gasteiger partial charge in [-0.25, -0.2) is 4.79 Å². The summed E-state index contributed by atoms with van der Waals surface area (Å²) in [5.41, 5.74) is 0. The van der Waals surface area contributed by atoms with E-state index in [2.05, 4.69) is 62.8 Å². The van der Waals surface area contributed by atoms with Crippen molar-refractivity contribution in [3.63, 3.8) is 0 Å². The van der Waals surface area contributed by atoms with Gasteiger partial charge in [0.1, 0.15) is 23.8 Å². The van der Waals surface area contributed by atoms with E-state index in [0.29, 0.717) is 51.4 Å². The topological polar surface area (TPSA) is 322 Å². The summed E-state index contributed by atoms with van der Waals surface area (Å²) < 4.78 is 70.5. The fourth-order valence-electron chi connectivity index (χ4n) is 12.8. The molecule has 0 aliphatic rings. The number of hydrogen-bond donors (Lipinski definition) is 4. The van der Waals surface area contributed by atoms with E-state index in [1.807, 2.05) is 0 Å². The second kappa shape index (κ2) is 82.7. The molecule has 2 unspecified atom stereocenters. The van der Waals surface area contributed by atoms with Crippen molar-refractivity contribution in [1.29, 1.82) is 0 Å². The number of hydrogen-bond acceptors (Lipinski definition) is 19. The van der Waals surface area contributed by atoms with Crippen LogP contribution in [0.15, 0.2) is 0 Å². The third kappa shape index (κ3) is 79.1. The first-order chi connectivity index (χ1) is 52.3. The maximum atomic E-state index is 13.3. The van der Waals surface area contributed by atoms with E-state index >= 15 is 0 Å². The summed E-state index contributed by atoms with van der Waals surface area (Å²) >= 11 is 0. The molecule has 0 heterocycles. The molecule has 0 bridgehead atoms. The Morgan fingerprint density at radius 3 is 0.845 bits per heavy atom. The summed E-state index contributed by atoms with van der Waals surface area (Å²) in [6, 6.07) is -2.86. The molecule has 0 radical (unpaired) electrons. The van der Waals surface area contributed by atoms with Crippen molar-refractivity contribution in [3.8, 4) is 0 Å². The van der Waals surface area contributed by atoms with Crippen molar-refractivity contribution in [2.24, 2.45) is 0 Å². The fraction of sp³-hybridized carbons (Fsp3) is 0.916. The zero-order valence-corrected chi connectivity index (χ0v) is 76.9. The number of carbonyl (C=O) groups excluding carboxylic acids is 7. The van der Waals surface area contributed by atoms with E-state index in [-0.39, 0.29) is 147 Å². The van der Waals surface area contributed by atoms with E-state index in [0.717, 1.165) is 167 Å². The van der Waals surface area contributed by atoms with Crippen LogP contribution >= 0.6 is 15.6 Å². The van der Waals surface area contributed by atoms with Crippen LogP contribution < -0.4 is 90.2 Å². The number of ether oxygens (including phenoxy) is 4. The van der Waals surface area contributed by atoms with Crippen LogP contribution in [-0.2, 0) is 74.9 Å². The Kier molecular flexibility index (Phi) is 84.8. The fourth-order valence-corrected chi connectivity index (χ4v) is 14.3. The zero-order chi connectivity index (χ0) is 79.5. The summed E-state index contributed by atoms with van der Waals surface area (Å²) in [4.78, 5) is 117. The third-order valence-electron chi connectivity index (χ3n) is 19.3. The number of esters is 2. The van der Waals surface area contributed by atoms with Crippen LogP contribution in [0.1, 0.15) is 401 Å². The molecule has 6 atom stereocenters. The van der Waals surface area contributed by atoms with Crippen molar-refractivity contribution in [1.82, 2.24) is 21.3 Å². The molecule has 0 aromatic carbocycles. The molecule has 0 rings (SSSR count). The Morgan fingerprint density at radius 2 is 0.564 bits per heavy atom. The molecule has 0 aliphatic carbocycles. The zero-order valence-electron chi connectivity index (χ0n) is 71.1. The van der Waals surface area contributed by atoms with Gasteiger partial charge < -0.3 is 68.1 Å². The first kappa shape index (κ1) is 113. The van der Waals surface area contributed by atoms with E-state index in [1.165, 1.54) is 116 Å². The van der Waals surface area contributed by atoms with Crippen LogP contribution in [0.5, 0.6) is 0 Å². The van der Waals surface area contributed by atoms with Crippen molar-refractivity contribution in [2.45, 2.75) is 425 Å². The maximum Gasteiger partial charge on any atom is 1.00 e.